The van der Waals surface area contributed by atoms with E-state index >= 15 is 0 Å². The van der Waals surface area contributed by atoms with Gasteiger partial charge in [-0.05, 0) is 57.5 Å². The molecule has 2 rings (SSSR count). The third-order valence-corrected chi connectivity index (χ3v) is 4.20. The van der Waals surface area contributed by atoms with Gasteiger partial charge in [-0.2, -0.15) is 0 Å². The molecule has 0 radical (unpaired) electrons. The molecule has 0 bridgehead atoms. The molecule has 1 aromatic carbocycles. The van der Waals surface area contributed by atoms with Gasteiger partial charge in [0.15, 0.2) is 5.78 Å². The molecule has 0 amide bonds. The van der Waals surface area contributed by atoms with Gasteiger partial charge < -0.3 is 10.5 Å². The molecule has 1 aliphatic rings. The van der Waals surface area contributed by atoms with E-state index in [0.29, 0.717) is 24.4 Å². The van der Waals surface area contributed by atoms with Crippen LogP contribution in [0.15, 0.2) is 24.3 Å². The van der Waals surface area contributed by atoms with Crippen molar-refractivity contribution in [2.24, 2.45) is 5.92 Å². The Labute approximate surface area is 131 Å². The van der Waals surface area contributed by atoms with Crippen molar-refractivity contribution in [2.45, 2.75) is 32.7 Å². The van der Waals surface area contributed by atoms with Gasteiger partial charge in [0.1, 0.15) is 0 Å². The Balaban J connectivity index is 2.02. The van der Waals surface area contributed by atoms with Gasteiger partial charge in [0.2, 0.25) is 0 Å². The van der Waals surface area contributed by atoms with E-state index in [9.17, 15) is 9.59 Å². The van der Waals surface area contributed by atoms with Crippen LogP contribution in [0.5, 0.6) is 0 Å². The van der Waals surface area contributed by atoms with Crippen LogP contribution in [0, 0.1) is 5.92 Å². The molecule has 1 heterocycles. The molecule has 120 valence electrons. The minimum atomic E-state index is -0.249. The highest BCUT2D eigenvalue weighted by molar-refractivity contribution is 6.00. The number of carbonyl (C=O) groups excluding carboxylic acids is 2. The molecule has 0 aromatic heterocycles. The van der Waals surface area contributed by atoms with E-state index in [1.165, 1.54) is 0 Å². The Morgan fingerprint density at radius 2 is 2.05 bits per heavy atom. The number of hydrogen-bond acceptors (Lipinski definition) is 5. The van der Waals surface area contributed by atoms with E-state index in [-0.39, 0.29) is 23.7 Å². The lowest BCUT2D eigenvalue weighted by molar-refractivity contribution is -0.150. The largest absolute Gasteiger partial charge is 0.466 e. The summed E-state index contributed by atoms with van der Waals surface area (Å²) >= 11 is 0. The van der Waals surface area contributed by atoms with E-state index in [2.05, 4.69) is 4.90 Å². The van der Waals surface area contributed by atoms with Crippen molar-refractivity contribution < 1.29 is 14.3 Å². The number of esters is 1. The van der Waals surface area contributed by atoms with Crippen molar-refractivity contribution in [3.05, 3.63) is 29.8 Å². The molecule has 1 aromatic rings. The summed E-state index contributed by atoms with van der Waals surface area (Å²) in [7, 11) is 0. The molecular weight excluding hydrogens is 280 g/mol. The van der Waals surface area contributed by atoms with E-state index < -0.39 is 0 Å². The maximum absolute atomic E-state index is 12.6. The Bertz CT molecular complexity index is 527. The van der Waals surface area contributed by atoms with Crippen LogP contribution < -0.4 is 5.73 Å². The average Bonchev–Trinajstić information content (AvgIpc) is 2.54. The fourth-order valence-electron chi connectivity index (χ4n) is 2.87. The topological polar surface area (TPSA) is 72.6 Å². The second kappa shape index (κ2) is 7.40. The number of Topliss-reactive ketones (excluding diaryl/α,β-unsaturated/α-hetero) is 1. The monoisotopic (exact) mass is 304 g/mol. The number of anilines is 1. The second-order valence-corrected chi connectivity index (χ2v) is 5.75. The Morgan fingerprint density at radius 3 is 2.68 bits per heavy atom. The second-order valence-electron chi connectivity index (χ2n) is 5.75. The number of hydrogen-bond donors (Lipinski definition) is 1. The number of rotatable bonds is 5. The van der Waals surface area contributed by atoms with Crippen LogP contribution >= 0.6 is 0 Å². The predicted molar refractivity (Wildman–Crippen MR) is 85.6 cm³/mol. The van der Waals surface area contributed by atoms with Crippen molar-refractivity contribution in [1.82, 2.24) is 4.90 Å². The van der Waals surface area contributed by atoms with Crippen LogP contribution in [0.1, 0.15) is 37.0 Å². The van der Waals surface area contributed by atoms with E-state index in [0.717, 1.165) is 19.4 Å². The molecule has 5 heteroatoms. The summed E-state index contributed by atoms with van der Waals surface area (Å²) in [4.78, 5) is 26.5. The maximum Gasteiger partial charge on any atom is 0.310 e. The molecule has 0 spiro atoms. The molecule has 0 saturated carbocycles. The quantitative estimate of drug-likeness (QED) is 0.512. The first kappa shape index (κ1) is 16.5. The summed E-state index contributed by atoms with van der Waals surface area (Å²) < 4.78 is 5.10. The predicted octanol–water partition coefficient (Wildman–Crippen LogP) is 2.12. The summed E-state index contributed by atoms with van der Waals surface area (Å²) in [5.74, 6) is -0.223. The molecular formula is C17H24N2O3. The first-order valence-corrected chi connectivity index (χ1v) is 7.83. The molecule has 1 saturated heterocycles. The standard InChI is InChI=1S/C17H24N2O3/c1-3-22-17(21)14-5-4-10-19(11-14)12(2)16(20)13-6-8-15(18)9-7-13/h6-9,12,14H,3-5,10-11,18H2,1-2H3. The maximum atomic E-state index is 12.6. The number of carbonyl (C=O) groups is 2. The van der Waals surface area contributed by atoms with E-state index in [4.69, 9.17) is 10.5 Å². The highest BCUT2D eigenvalue weighted by atomic mass is 16.5. The highest BCUT2D eigenvalue weighted by Gasteiger charge is 2.31. The van der Waals surface area contributed by atoms with Gasteiger partial charge in [-0.3, -0.25) is 14.5 Å². The molecule has 1 fully saturated rings. The summed E-state index contributed by atoms with van der Waals surface area (Å²) in [5.41, 5.74) is 6.95. The molecule has 5 nitrogen and oxygen atoms in total. The lowest BCUT2D eigenvalue weighted by atomic mass is 9.95. The van der Waals surface area contributed by atoms with Gasteiger partial charge in [-0.1, -0.05) is 0 Å². The van der Waals surface area contributed by atoms with Crippen LogP contribution in [-0.2, 0) is 9.53 Å². The van der Waals surface area contributed by atoms with E-state index in [1.807, 2.05) is 13.8 Å². The number of nitrogens with two attached hydrogens (primary N) is 1. The smallest absolute Gasteiger partial charge is 0.310 e. The first-order chi connectivity index (χ1) is 10.5. The zero-order valence-corrected chi connectivity index (χ0v) is 13.2. The van der Waals surface area contributed by atoms with Crippen LogP contribution in [0.3, 0.4) is 0 Å². The van der Waals surface area contributed by atoms with Crippen LogP contribution in [-0.4, -0.2) is 42.4 Å². The Morgan fingerprint density at radius 1 is 1.36 bits per heavy atom. The van der Waals surface area contributed by atoms with Crippen molar-refractivity contribution in [3.8, 4) is 0 Å². The van der Waals surface area contributed by atoms with Crippen molar-refractivity contribution in [2.75, 3.05) is 25.4 Å². The van der Waals surface area contributed by atoms with Gasteiger partial charge in [0, 0.05) is 17.8 Å². The van der Waals surface area contributed by atoms with Crippen LogP contribution in [0.2, 0.25) is 0 Å². The lowest BCUT2D eigenvalue weighted by Crippen LogP contribution is -2.47. The minimum absolute atomic E-state index is 0.0597. The summed E-state index contributed by atoms with van der Waals surface area (Å²) in [6.07, 6.45) is 1.74. The molecule has 0 aliphatic carbocycles. The zero-order valence-electron chi connectivity index (χ0n) is 13.2. The Kier molecular flexibility index (Phi) is 5.55. The van der Waals surface area contributed by atoms with Gasteiger partial charge >= 0.3 is 5.97 Å². The van der Waals surface area contributed by atoms with Gasteiger partial charge in [0.25, 0.3) is 0 Å². The number of benzene rings is 1. The van der Waals surface area contributed by atoms with Crippen molar-refractivity contribution in [3.63, 3.8) is 0 Å². The zero-order chi connectivity index (χ0) is 16.1. The first-order valence-electron chi connectivity index (χ1n) is 7.83. The van der Waals surface area contributed by atoms with Gasteiger partial charge in [-0.25, -0.2) is 0 Å². The fourth-order valence-corrected chi connectivity index (χ4v) is 2.87. The van der Waals surface area contributed by atoms with Crippen LogP contribution in [0.25, 0.3) is 0 Å². The number of nitrogens with zero attached hydrogens (tertiary/aromatic N) is 1. The molecule has 2 unspecified atom stereocenters. The van der Waals surface area contributed by atoms with E-state index in [1.54, 1.807) is 24.3 Å². The lowest BCUT2D eigenvalue weighted by Gasteiger charge is -2.35. The molecule has 22 heavy (non-hydrogen) atoms. The van der Waals surface area contributed by atoms with Crippen molar-refractivity contribution >= 4 is 17.4 Å². The molecule has 2 atom stereocenters. The summed E-state index contributed by atoms with van der Waals surface area (Å²) in [6, 6.07) is 6.72. The fraction of sp³-hybridized carbons (Fsp3) is 0.529. The van der Waals surface area contributed by atoms with Gasteiger partial charge in [0.05, 0.1) is 18.6 Å². The SMILES string of the molecule is CCOC(=O)C1CCCN(C(C)C(=O)c2ccc(N)cc2)C1. The van der Waals surface area contributed by atoms with Gasteiger partial charge in [-0.15, -0.1) is 0 Å². The number of likely N-dealkylation sites (tertiary alicyclic amines) is 1. The normalized spacial score (nSPS) is 20.4. The molecule has 2 N–H and O–H groups in total. The summed E-state index contributed by atoms with van der Waals surface area (Å²) in [5, 5.41) is 0. The number of nitrogen functional groups attached to an aromatic ring is 1. The molecule has 1 aliphatic heterocycles. The summed E-state index contributed by atoms with van der Waals surface area (Å²) in [6.45, 7) is 5.52. The average molecular weight is 304 g/mol. The van der Waals surface area contributed by atoms with Crippen LogP contribution in [0.4, 0.5) is 5.69 Å². The minimum Gasteiger partial charge on any atom is -0.466 e. The third kappa shape index (κ3) is 3.85. The number of piperidine rings is 1. The third-order valence-electron chi connectivity index (χ3n) is 4.20. The number of ether oxygens (including phenoxy) is 1. The highest BCUT2D eigenvalue weighted by Crippen LogP contribution is 2.21. The number of ketones is 1. The van der Waals surface area contributed by atoms with Crippen molar-refractivity contribution in [1.29, 1.82) is 0 Å². The Hall–Kier alpha value is -1.88.